The fraction of sp³-hybridized carbons (Fsp3) is 0.478. The van der Waals surface area contributed by atoms with Gasteiger partial charge in [-0.25, -0.2) is 9.50 Å². The van der Waals surface area contributed by atoms with Crippen molar-refractivity contribution in [1.82, 2.24) is 19.5 Å². The Hall–Kier alpha value is -2.60. The maximum atomic E-state index is 5.27. The third-order valence-electron chi connectivity index (χ3n) is 6.24. The molecular formula is C23H29N5O. The van der Waals surface area contributed by atoms with Gasteiger partial charge in [0.05, 0.1) is 19.0 Å². The molecule has 6 nitrogen and oxygen atoms in total. The zero-order valence-corrected chi connectivity index (χ0v) is 17.1. The second-order valence-corrected chi connectivity index (χ2v) is 8.28. The standard InChI is InChI=1S/C23H29N5O/c1-29-21-9-6-18(7-10-21)15-26-12-4-5-19(16-26)23-24-22-11-8-20(17-28(22)25-23)27-13-2-3-14-27/h6-11,17,19H,2-5,12-16H2,1H3/t19-/m0/s1. The quantitative estimate of drug-likeness (QED) is 0.663. The van der Waals surface area contributed by atoms with Crippen LogP contribution in [0.15, 0.2) is 42.6 Å². The van der Waals surface area contributed by atoms with Gasteiger partial charge in [0, 0.05) is 32.1 Å². The SMILES string of the molecule is COc1ccc(CN2CCC[C@H](c3nc4ccc(N5CCCC5)cn4n3)C2)cc1. The molecule has 0 saturated carbocycles. The molecule has 2 saturated heterocycles. The van der Waals surface area contributed by atoms with Crippen LogP contribution in [0.3, 0.4) is 0 Å². The smallest absolute Gasteiger partial charge is 0.156 e. The van der Waals surface area contributed by atoms with E-state index in [-0.39, 0.29) is 0 Å². The Labute approximate surface area is 172 Å². The highest BCUT2D eigenvalue weighted by molar-refractivity contribution is 5.52. The highest BCUT2D eigenvalue weighted by atomic mass is 16.5. The predicted molar refractivity (Wildman–Crippen MR) is 115 cm³/mol. The molecule has 1 aromatic carbocycles. The second kappa shape index (κ2) is 8.03. The minimum Gasteiger partial charge on any atom is -0.497 e. The lowest BCUT2D eigenvalue weighted by atomic mass is 9.97. The fourth-order valence-corrected chi connectivity index (χ4v) is 4.62. The molecular weight excluding hydrogens is 362 g/mol. The van der Waals surface area contributed by atoms with Crippen LogP contribution < -0.4 is 9.64 Å². The van der Waals surface area contributed by atoms with Gasteiger partial charge in [0.1, 0.15) is 5.75 Å². The Morgan fingerprint density at radius 2 is 1.83 bits per heavy atom. The summed E-state index contributed by atoms with van der Waals surface area (Å²) in [5, 5.41) is 4.87. The van der Waals surface area contributed by atoms with Crippen LogP contribution in [0.2, 0.25) is 0 Å². The molecule has 4 heterocycles. The molecule has 6 heteroatoms. The summed E-state index contributed by atoms with van der Waals surface area (Å²) in [6.07, 6.45) is 7.07. The molecule has 2 aromatic heterocycles. The molecule has 2 aliphatic rings. The van der Waals surface area contributed by atoms with Gasteiger partial charge in [0.2, 0.25) is 0 Å². The lowest BCUT2D eigenvalue weighted by molar-refractivity contribution is 0.196. The maximum absolute atomic E-state index is 5.27. The van der Waals surface area contributed by atoms with E-state index in [1.165, 1.54) is 30.5 Å². The van der Waals surface area contributed by atoms with Gasteiger partial charge in [-0.15, -0.1) is 0 Å². The van der Waals surface area contributed by atoms with E-state index in [2.05, 4.69) is 40.3 Å². The molecule has 29 heavy (non-hydrogen) atoms. The zero-order valence-electron chi connectivity index (χ0n) is 17.1. The second-order valence-electron chi connectivity index (χ2n) is 8.28. The van der Waals surface area contributed by atoms with E-state index in [9.17, 15) is 0 Å². The van der Waals surface area contributed by atoms with Crippen LogP contribution in [-0.2, 0) is 6.54 Å². The Balaban J connectivity index is 1.29. The van der Waals surface area contributed by atoms with E-state index in [0.29, 0.717) is 5.92 Å². The lowest BCUT2D eigenvalue weighted by Gasteiger charge is -2.31. The summed E-state index contributed by atoms with van der Waals surface area (Å²) in [6, 6.07) is 12.7. The molecule has 0 amide bonds. The minimum atomic E-state index is 0.400. The van der Waals surface area contributed by atoms with E-state index < -0.39 is 0 Å². The molecule has 0 aliphatic carbocycles. The lowest BCUT2D eigenvalue weighted by Crippen LogP contribution is -2.34. The molecule has 3 aromatic rings. The number of rotatable bonds is 5. The molecule has 0 unspecified atom stereocenters. The number of likely N-dealkylation sites (tertiary alicyclic amines) is 1. The first-order valence-electron chi connectivity index (χ1n) is 10.7. The molecule has 0 spiro atoms. The summed E-state index contributed by atoms with van der Waals surface area (Å²) >= 11 is 0. The number of benzene rings is 1. The van der Waals surface area contributed by atoms with Crippen molar-refractivity contribution < 1.29 is 4.74 Å². The Morgan fingerprint density at radius 3 is 2.62 bits per heavy atom. The van der Waals surface area contributed by atoms with Crippen molar-refractivity contribution in [2.75, 3.05) is 38.2 Å². The van der Waals surface area contributed by atoms with Crippen LogP contribution in [0.1, 0.15) is 43.0 Å². The summed E-state index contributed by atoms with van der Waals surface area (Å²) in [5.41, 5.74) is 3.54. The molecule has 2 fully saturated rings. The van der Waals surface area contributed by atoms with Gasteiger partial charge in [-0.05, 0) is 62.1 Å². The Kier molecular flexibility index (Phi) is 5.10. The van der Waals surface area contributed by atoms with Crippen molar-refractivity contribution >= 4 is 11.3 Å². The van der Waals surface area contributed by atoms with Crippen molar-refractivity contribution in [2.45, 2.75) is 38.1 Å². The predicted octanol–water partition coefficient (Wildman–Crippen LogP) is 3.72. The highest BCUT2D eigenvalue weighted by Crippen LogP contribution is 2.27. The molecule has 5 rings (SSSR count). The van der Waals surface area contributed by atoms with Crippen LogP contribution >= 0.6 is 0 Å². The van der Waals surface area contributed by atoms with Crippen LogP contribution in [0, 0.1) is 0 Å². The van der Waals surface area contributed by atoms with Crippen LogP contribution in [0.25, 0.3) is 5.65 Å². The van der Waals surface area contributed by atoms with Crippen LogP contribution in [0.4, 0.5) is 5.69 Å². The number of hydrogen-bond acceptors (Lipinski definition) is 5. The van der Waals surface area contributed by atoms with Gasteiger partial charge in [-0.1, -0.05) is 12.1 Å². The van der Waals surface area contributed by atoms with Gasteiger partial charge < -0.3 is 9.64 Å². The number of ether oxygens (including phenoxy) is 1. The number of anilines is 1. The summed E-state index contributed by atoms with van der Waals surface area (Å²) in [5.74, 6) is 2.30. The van der Waals surface area contributed by atoms with Crippen molar-refractivity contribution in [3.05, 3.63) is 54.0 Å². The van der Waals surface area contributed by atoms with Crippen LogP contribution in [-0.4, -0.2) is 52.8 Å². The molecule has 0 N–H and O–H groups in total. The van der Waals surface area contributed by atoms with Gasteiger partial charge in [0.25, 0.3) is 0 Å². The number of hydrogen-bond donors (Lipinski definition) is 0. The number of aromatic nitrogens is 3. The first-order chi connectivity index (χ1) is 14.3. The fourth-order valence-electron chi connectivity index (χ4n) is 4.62. The summed E-state index contributed by atoms with van der Waals surface area (Å²) in [4.78, 5) is 9.83. The molecule has 0 bridgehead atoms. The van der Waals surface area contributed by atoms with Gasteiger partial charge >= 0.3 is 0 Å². The normalized spacial score (nSPS) is 20.4. The summed E-state index contributed by atoms with van der Waals surface area (Å²) in [6.45, 7) is 5.41. The summed E-state index contributed by atoms with van der Waals surface area (Å²) in [7, 11) is 1.71. The monoisotopic (exact) mass is 391 g/mol. The third kappa shape index (κ3) is 3.94. The van der Waals surface area contributed by atoms with Gasteiger partial charge in [-0.3, -0.25) is 4.90 Å². The van der Waals surface area contributed by atoms with E-state index in [0.717, 1.165) is 56.4 Å². The number of fused-ring (bicyclic) bond motifs is 1. The van der Waals surface area contributed by atoms with Gasteiger partial charge in [0.15, 0.2) is 11.5 Å². The zero-order chi connectivity index (χ0) is 19.6. The third-order valence-corrected chi connectivity index (χ3v) is 6.24. The average Bonchev–Trinajstić information content (AvgIpc) is 3.44. The van der Waals surface area contributed by atoms with E-state index in [1.807, 2.05) is 16.6 Å². The minimum absolute atomic E-state index is 0.400. The van der Waals surface area contributed by atoms with Gasteiger partial charge in [-0.2, -0.15) is 5.10 Å². The van der Waals surface area contributed by atoms with Crippen molar-refractivity contribution in [3.63, 3.8) is 0 Å². The molecule has 0 radical (unpaired) electrons. The van der Waals surface area contributed by atoms with Crippen molar-refractivity contribution in [3.8, 4) is 5.75 Å². The van der Waals surface area contributed by atoms with E-state index >= 15 is 0 Å². The highest BCUT2D eigenvalue weighted by Gasteiger charge is 2.25. The number of methoxy groups -OCH3 is 1. The maximum Gasteiger partial charge on any atom is 0.156 e. The van der Waals surface area contributed by atoms with E-state index in [1.54, 1.807) is 7.11 Å². The van der Waals surface area contributed by atoms with Crippen LogP contribution in [0.5, 0.6) is 5.75 Å². The Bertz CT molecular complexity index is 961. The van der Waals surface area contributed by atoms with E-state index in [4.69, 9.17) is 14.8 Å². The number of piperidine rings is 1. The largest absolute Gasteiger partial charge is 0.497 e. The number of nitrogens with zero attached hydrogens (tertiary/aromatic N) is 5. The first-order valence-corrected chi connectivity index (χ1v) is 10.7. The molecule has 2 aliphatic heterocycles. The summed E-state index contributed by atoms with van der Waals surface area (Å²) < 4.78 is 7.25. The molecule has 1 atom stereocenters. The Morgan fingerprint density at radius 1 is 1.00 bits per heavy atom. The number of pyridine rings is 1. The molecule has 152 valence electrons. The van der Waals surface area contributed by atoms with Crippen molar-refractivity contribution in [1.29, 1.82) is 0 Å². The topological polar surface area (TPSA) is 45.9 Å². The van der Waals surface area contributed by atoms with Crippen molar-refractivity contribution in [2.24, 2.45) is 0 Å². The average molecular weight is 392 g/mol. The first kappa shape index (κ1) is 18.4.